The van der Waals surface area contributed by atoms with Gasteiger partial charge < -0.3 is 20.7 Å². The molecule has 228 valence electrons. The highest BCUT2D eigenvalue weighted by Crippen LogP contribution is 2.27. The quantitative estimate of drug-likeness (QED) is 0.347. The molecule has 2 atom stereocenters. The first kappa shape index (κ1) is 30.8. The van der Waals surface area contributed by atoms with Crippen LogP contribution in [-0.2, 0) is 17.8 Å². The predicted octanol–water partition coefficient (Wildman–Crippen LogP) is 5.11. The number of carbonyl (C=O) groups is 2. The lowest BCUT2D eigenvalue weighted by Gasteiger charge is -2.43. The van der Waals surface area contributed by atoms with Gasteiger partial charge >= 0.3 is 0 Å². The van der Waals surface area contributed by atoms with E-state index in [4.69, 9.17) is 10.5 Å². The largest absolute Gasteiger partial charge is 0.497 e. The summed E-state index contributed by atoms with van der Waals surface area (Å²) in [6.07, 6.45) is 5.92. The van der Waals surface area contributed by atoms with E-state index in [2.05, 4.69) is 46.6 Å². The molecule has 7 heteroatoms. The van der Waals surface area contributed by atoms with Crippen LogP contribution in [0.1, 0.15) is 65.6 Å². The zero-order chi connectivity index (χ0) is 30.2. The van der Waals surface area contributed by atoms with Crippen molar-refractivity contribution in [2.24, 2.45) is 5.73 Å². The number of carbonyl (C=O) groups excluding carboxylic acids is 2. The number of amides is 2. The Morgan fingerprint density at radius 2 is 1.60 bits per heavy atom. The molecule has 2 aliphatic rings. The monoisotopic (exact) mass is 582 g/mol. The van der Waals surface area contributed by atoms with Gasteiger partial charge in [-0.25, -0.2) is 0 Å². The normalized spacial score (nSPS) is 22.3. The van der Waals surface area contributed by atoms with Gasteiger partial charge in [-0.3, -0.25) is 14.5 Å². The molecule has 3 aromatic carbocycles. The molecule has 1 heterocycles. The zero-order valence-electron chi connectivity index (χ0n) is 25.6. The van der Waals surface area contributed by atoms with Crippen LogP contribution in [0.3, 0.4) is 0 Å². The van der Waals surface area contributed by atoms with Gasteiger partial charge in [-0.2, -0.15) is 0 Å². The third-order valence-electron chi connectivity index (χ3n) is 9.15. The van der Waals surface area contributed by atoms with Crippen molar-refractivity contribution in [1.82, 2.24) is 15.1 Å². The number of methoxy groups -OCH3 is 1. The molecular formula is C36H46N4O3. The van der Waals surface area contributed by atoms with E-state index in [1.807, 2.05) is 54.3 Å². The smallest absolute Gasteiger partial charge is 0.254 e. The van der Waals surface area contributed by atoms with E-state index in [0.717, 1.165) is 62.9 Å². The first-order chi connectivity index (χ1) is 20.9. The van der Waals surface area contributed by atoms with Crippen LogP contribution in [-0.4, -0.2) is 66.0 Å². The summed E-state index contributed by atoms with van der Waals surface area (Å²) < 4.78 is 5.38. The number of ether oxygens (including phenoxy) is 1. The molecule has 1 aliphatic heterocycles. The topological polar surface area (TPSA) is 87.9 Å². The third-order valence-corrected chi connectivity index (χ3v) is 9.15. The first-order valence-electron chi connectivity index (χ1n) is 15.7. The summed E-state index contributed by atoms with van der Waals surface area (Å²) in [4.78, 5) is 32.1. The molecule has 0 aromatic heterocycles. The van der Waals surface area contributed by atoms with Gasteiger partial charge in [0.15, 0.2) is 0 Å². The van der Waals surface area contributed by atoms with Crippen molar-refractivity contribution >= 4 is 11.8 Å². The fourth-order valence-electron chi connectivity index (χ4n) is 6.47. The molecule has 1 unspecified atom stereocenters. The second kappa shape index (κ2) is 14.7. The summed E-state index contributed by atoms with van der Waals surface area (Å²) in [5.74, 6) is 0.719. The standard InChI is InChI=1S/C36H46N4O3/c1-26-8-12-29(13-9-26)36(42)40-23-21-32(24-34(40)35(41)38-31-16-14-30(37)15-17-31)39(22-20-27-6-4-3-5-7-27)25-28-10-18-33(43-2)19-11-28/h3-13,18-19,30-32,34H,14-17,20-25,37H2,1-2H3,(H,38,41)/t30?,31?,32?,34-/m1/s1. The maximum absolute atomic E-state index is 14.0. The van der Waals surface area contributed by atoms with Crippen LogP contribution < -0.4 is 15.8 Å². The molecule has 2 amide bonds. The van der Waals surface area contributed by atoms with Crippen molar-refractivity contribution in [3.63, 3.8) is 0 Å². The van der Waals surface area contributed by atoms with E-state index in [1.165, 1.54) is 11.1 Å². The molecule has 0 bridgehead atoms. The van der Waals surface area contributed by atoms with E-state index in [1.54, 1.807) is 7.11 Å². The Morgan fingerprint density at radius 3 is 2.28 bits per heavy atom. The van der Waals surface area contributed by atoms with Gasteiger partial charge in [0.05, 0.1) is 7.11 Å². The van der Waals surface area contributed by atoms with E-state index in [9.17, 15) is 9.59 Å². The molecule has 3 N–H and O–H groups in total. The molecule has 2 fully saturated rings. The highest BCUT2D eigenvalue weighted by atomic mass is 16.5. The first-order valence-corrected chi connectivity index (χ1v) is 15.7. The SMILES string of the molecule is COc1ccc(CN(CCc2ccccc2)C2CCN(C(=O)c3ccc(C)cc3)[C@@H](C(=O)NC3CCC(N)CC3)C2)cc1. The summed E-state index contributed by atoms with van der Waals surface area (Å²) in [5, 5.41) is 3.31. The number of benzene rings is 3. The van der Waals surface area contributed by atoms with Crippen molar-refractivity contribution in [1.29, 1.82) is 0 Å². The minimum atomic E-state index is -0.529. The summed E-state index contributed by atoms with van der Waals surface area (Å²) in [5.41, 5.74) is 10.4. The Bertz CT molecular complexity index is 1320. The number of hydrogen-bond acceptors (Lipinski definition) is 5. The molecule has 1 saturated heterocycles. The fraction of sp³-hybridized carbons (Fsp3) is 0.444. The molecule has 1 saturated carbocycles. The zero-order valence-corrected chi connectivity index (χ0v) is 25.6. The minimum Gasteiger partial charge on any atom is -0.497 e. The molecule has 0 radical (unpaired) electrons. The maximum atomic E-state index is 14.0. The third kappa shape index (κ3) is 8.24. The fourth-order valence-corrected chi connectivity index (χ4v) is 6.47. The second-order valence-corrected chi connectivity index (χ2v) is 12.2. The van der Waals surface area contributed by atoms with E-state index >= 15 is 0 Å². The Balaban J connectivity index is 1.37. The number of nitrogens with zero attached hydrogens (tertiary/aromatic N) is 2. The van der Waals surface area contributed by atoms with Crippen LogP contribution in [0.25, 0.3) is 0 Å². The predicted molar refractivity (Wildman–Crippen MR) is 171 cm³/mol. The van der Waals surface area contributed by atoms with E-state index in [-0.39, 0.29) is 29.9 Å². The van der Waals surface area contributed by atoms with Crippen LogP contribution in [0.2, 0.25) is 0 Å². The number of rotatable bonds is 10. The second-order valence-electron chi connectivity index (χ2n) is 12.2. The lowest BCUT2D eigenvalue weighted by molar-refractivity contribution is -0.128. The van der Waals surface area contributed by atoms with Crippen LogP contribution in [0.15, 0.2) is 78.9 Å². The van der Waals surface area contributed by atoms with E-state index < -0.39 is 6.04 Å². The Kier molecular flexibility index (Phi) is 10.5. The van der Waals surface area contributed by atoms with Crippen LogP contribution >= 0.6 is 0 Å². The van der Waals surface area contributed by atoms with Gasteiger partial charge in [-0.05, 0) is 87.3 Å². The molecule has 5 rings (SSSR count). The van der Waals surface area contributed by atoms with Gasteiger partial charge in [0.1, 0.15) is 11.8 Å². The number of nitrogens with two attached hydrogens (primary N) is 1. The lowest BCUT2D eigenvalue weighted by Crippen LogP contribution is -2.58. The highest BCUT2D eigenvalue weighted by Gasteiger charge is 2.39. The van der Waals surface area contributed by atoms with Gasteiger partial charge in [0.25, 0.3) is 5.91 Å². The molecule has 3 aromatic rings. The van der Waals surface area contributed by atoms with Crippen molar-refractivity contribution in [3.8, 4) is 5.75 Å². The van der Waals surface area contributed by atoms with Crippen LogP contribution in [0.5, 0.6) is 5.75 Å². The van der Waals surface area contributed by atoms with Crippen molar-refractivity contribution in [3.05, 3.63) is 101 Å². The highest BCUT2D eigenvalue weighted by molar-refractivity contribution is 5.97. The number of nitrogens with one attached hydrogen (secondary N) is 1. The molecule has 0 spiro atoms. The summed E-state index contributed by atoms with van der Waals surface area (Å²) >= 11 is 0. The average molecular weight is 583 g/mol. The average Bonchev–Trinajstić information content (AvgIpc) is 3.04. The molecule has 43 heavy (non-hydrogen) atoms. The Labute approximate surface area is 256 Å². The molecule has 1 aliphatic carbocycles. The maximum Gasteiger partial charge on any atom is 0.254 e. The van der Waals surface area contributed by atoms with E-state index in [0.29, 0.717) is 18.5 Å². The summed E-state index contributed by atoms with van der Waals surface area (Å²) in [6.45, 7) is 4.18. The number of aryl methyl sites for hydroxylation is 1. The molecular weight excluding hydrogens is 536 g/mol. The van der Waals surface area contributed by atoms with Crippen molar-refractivity contribution < 1.29 is 14.3 Å². The van der Waals surface area contributed by atoms with Crippen LogP contribution in [0.4, 0.5) is 0 Å². The number of likely N-dealkylation sites (tertiary alicyclic amines) is 1. The van der Waals surface area contributed by atoms with Gasteiger partial charge in [0.2, 0.25) is 5.91 Å². The number of hydrogen-bond donors (Lipinski definition) is 2. The summed E-state index contributed by atoms with van der Waals surface area (Å²) in [7, 11) is 1.68. The van der Waals surface area contributed by atoms with Crippen molar-refractivity contribution in [2.45, 2.75) is 82.6 Å². The van der Waals surface area contributed by atoms with Gasteiger partial charge in [-0.1, -0.05) is 60.2 Å². The Morgan fingerprint density at radius 1 is 0.907 bits per heavy atom. The van der Waals surface area contributed by atoms with Crippen molar-refractivity contribution in [2.75, 3.05) is 20.2 Å². The lowest BCUT2D eigenvalue weighted by atomic mass is 9.90. The van der Waals surface area contributed by atoms with Gasteiger partial charge in [-0.15, -0.1) is 0 Å². The summed E-state index contributed by atoms with van der Waals surface area (Å²) in [6, 6.07) is 26.4. The Hall–Kier alpha value is -3.68. The number of piperidine rings is 1. The van der Waals surface area contributed by atoms with Gasteiger partial charge in [0, 0.05) is 43.3 Å². The minimum absolute atomic E-state index is 0.0434. The molecule has 7 nitrogen and oxygen atoms in total. The van der Waals surface area contributed by atoms with Crippen LogP contribution in [0, 0.1) is 6.92 Å².